The molecule has 0 rings (SSSR count). The lowest BCUT2D eigenvalue weighted by Gasteiger charge is -2.19. The van der Waals surface area contributed by atoms with Crippen molar-refractivity contribution in [3.05, 3.63) is 0 Å². The number of carbonyl (C=O) groups is 3. The summed E-state index contributed by atoms with van der Waals surface area (Å²) in [4.78, 5) is 33.6. The highest BCUT2D eigenvalue weighted by Crippen LogP contribution is 2.13. The molecule has 0 atom stereocenters. The van der Waals surface area contributed by atoms with Gasteiger partial charge in [0, 0.05) is 0 Å². The molecule has 3 nitrogen and oxygen atoms in total. The Morgan fingerprint density at radius 1 is 0.917 bits per heavy atom. The summed E-state index contributed by atoms with van der Waals surface area (Å²) in [6.45, 7) is 5.77. The van der Waals surface area contributed by atoms with Gasteiger partial charge in [0.2, 0.25) is 0 Å². The highest BCUT2D eigenvalue weighted by Gasteiger charge is 2.47. The van der Waals surface area contributed by atoms with E-state index in [9.17, 15) is 14.4 Å². The lowest BCUT2D eigenvalue weighted by atomic mass is 10.8. The van der Waals surface area contributed by atoms with Crippen LogP contribution >= 0.6 is 0 Å². The Kier molecular flexibility index (Phi) is 3.51. The van der Waals surface area contributed by atoms with E-state index in [-0.39, 0.29) is 16.2 Å². The number of hydrogen-bond donors (Lipinski definition) is 0. The SMILES string of the molecule is CC[Si](C(C)=O)(C(C)=O)C(C)=O. The predicted molar refractivity (Wildman–Crippen MR) is 48.3 cm³/mol. The molecule has 0 aromatic heterocycles. The minimum absolute atomic E-state index is 0.218. The molecule has 0 unspecified atom stereocenters. The fourth-order valence-electron chi connectivity index (χ4n) is 1.49. The van der Waals surface area contributed by atoms with Crippen molar-refractivity contribution in [3.8, 4) is 0 Å². The maximum atomic E-state index is 11.2. The van der Waals surface area contributed by atoms with Gasteiger partial charge in [0.1, 0.15) is 16.2 Å². The fraction of sp³-hybridized carbons (Fsp3) is 0.625. The average molecular weight is 186 g/mol. The van der Waals surface area contributed by atoms with Gasteiger partial charge in [0.25, 0.3) is 8.07 Å². The number of carbonyl (C=O) groups excluding carboxylic acids is 3. The molecule has 0 aromatic rings. The third-order valence-corrected chi connectivity index (χ3v) is 7.00. The molecular weight excluding hydrogens is 172 g/mol. The first kappa shape index (κ1) is 11.2. The molecule has 0 N–H and O–H groups in total. The van der Waals surface area contributed by atoms with Crippen LogP contribution in [-0.2, 0) is 14.4 Å². The highest BCUT2D eigenvalue weighted by molar-refractivity contribution is 7.40. The summed E-state index contributed by atoms with van der Waals surface area (Å²) < 4.78 is 0. The van der Waals surface area contributed by atoms with E-state index in [0.29, 0.717) is 6.04 Å². The Balaban J connectivity index is 5.19. The van der Waals surface area contributed by atoms with Crippen molar-refractivity contribution in [2.75, 3.05) is 0 Å². The quantitative estimate of drug-likeness (QED) is 0.611. The van der Waals surface area contributed by atoms with E-state index < -0.39 is 8.07 Å². The predicted octanol–water partition coefficient (Wildman–Crippen LogP) is 0.840. The number of hydrogen-bond acceptors (Lipinski definition) is 3. The maximum absolute atomic E-state index is 11.2. The first-order valence-corrected chi connectivity index (χ1v) is 6.13. The Morgan fingerprint density at radius 3 is 1.17 bits per heavy atom. The van der Waals surface area contributed by atoms with Gasteiger partial charge < -0.3 is 14.4 Å². The summed E-state index contributed by atoms with van der Waals surface area (Å²) in [6.07, 6.45) is 0. The Bertz CT molecular complexity index is 196. The zero-order chi connectivity index (χ0) is 9.94. The molecular formula is C8H14O3Si. The summed E-state index contributed by atoms with van der Waals surface area (Å²) in [7, 11) is -2.92. The summed E-state index contributed by atoms with van der Waals surface area (Å²) >= 11 is 0. The van der Waals surface area contributed by atoms with E-state index in [1.54, 1.807) is 6.92 Å². The zero-order valence-electron chi connectivity index (χ0n) is 7.93. The van der Waals surface area contributed by atoms with Crippen LogP contribution in [-0.4, -0.2) is 24.3 Å². The van der Waals surface area contributed by atoms with Crippen molar-refractivity contribution in [2.24, 2.45) is 0 Å². The Hall–Kier alpha value is -0.773. The maximum Gasteiger partial charge on any atom is 0.278 e. The van der Waals surface area contributed by atoms with Crippen molar-refractivity contribution in [3.63, 3.8) is 0 Å². The molecule has 0 aliphatic heterocycles. The Morgan fingerprint density at radius 2 is 1.17 bits per heavy atom. The highest BCUT2D eigenvalue weighted by atomic mass is 28.3. The molecule has 0 saturated heterocycles. The smallest absolute Gasteiger partial charge is 0.278 e. The first-order valence-electron chi connectivity index (χ1n) is 3.92. The minimum atomic E-state index is -2.92. The van der Waals surface area contributed by atoms with Crippen LogP contribution in [0, 0.1) is 0 Å². The molecule has 0 saturated carbocycles. The van der Waals surface area contributed by atoms with Crippen LogP contribution in [0.1, 0.15) is 27.7 Å². The van der Waals surface area contributed by atoms with Gasteiger partial charge in [-0.15, -0.1) is 0 Å². The second kappa shape index (κ2) is 3.76. The van der Waals surface area contributed by atoms with Crippen LogP contribution in [0.4, 0.5) is 0 Å². The molecule has 12 heavy (non-hydrogen) atoms. The molecule has 0 radical (unpaired) electrons. The van der Waals surface area contributed by atoms with Gasteiger partial charge in [0.15, 0.2) is 0 Å². The van der Waals surface area contributed by atoms with Gasteiger partial charge in [-0.2, -0.15) is 0 Å². The summed E-state index contributed by atoms with van der Waals surface area (Å²) in [6, 6.07) is 0.396. The molecule has 0 aliphatic carbocycles. The summed E-state index contributed by atoms with van der Waals surface area (Å²) in [5, 5.41) is -0.653. The van der Waals surface area contributed by atoms with Crippen LogP contribution < -0.4 is 0 Å². The molecule has 0 fully saturated rings. The van der Waals surface area contributed by atoms with Crippen LogP contribution in [0.25, 0.3) is 0 Å². The fourth-order valence-corrected chi connectivity index (χ4v) is 4.47. The van der Waals surface area contributed by atoms with Gasteiger partial charge in [0.05, 0.1) is 0 Å². The molecule has 0 aromatic carbocycles. The van der Waals surface area contributed by atoms with E-state index in [0.717, 1.165) is 0 Å². The van der Waals surface area contributed by atoms with E-state index >= 15 is 0 Å². The average Bonchev–Trinajstić information content (AvgIpc) is 1.86. The van der Waals surface area contributed by atoms with Crippen molar-refractivity contribution in [1.82, 2.24) is 0 Å². The van der Waals surface area contributed by atoms with Crippen molar-refractivity contribution >= 4 is 24.3 Å². The summed E-state index contributed by atoms with van der Waals surface area (Å²) in [5.41, 5.74) is 0. The van der Waals surface area contributed by atoms with E-state index in [1.165, 1.54) is 20.8 Å². The Labute approximate surface area is 73.2 Å². The van der Waals surface area contributed by atoms with Crippen molar-refractivity contribution < 1.29 is 14.4 Å². The van der Waals surface area contributed by atoms with E-state index in [4.69, 9.17) is 0 Å². The molecule has 0 bridgehead atoms. The van der Waals surface area contributed by atoms with Crippen molar-refractivity contribution in [2.45, 2.75) is 33.7 Å². The van der Waals surface area contributed by atoms with Crippen LogP contribution in [0.3, 0.4) is 0 Å². The molecule has 0 aliphatic rings. The minimum Gasteiger partial charge on any atom is -0.305 e. The van der Waals surface area contributed by atoms with Crippen LogP contribution in [0.5, 0.6) is 0 Å². The molecule has 68 valence electrons. The van der Waals surface area contributed by atoms with Gasteiger partial charge in [-0.1, -0.05) is 6.92 Å². The van der Waals surface area contributed by atoms with Crippen molar-refractivity contribution in [1.29, 1.82) is 0 Å². The van der Waals surface area contributed by atoms with E-state index in [2.05, 4.69) is 0 Å². The molecule has 4 heteroatoms. The molecule has 0 heterocycles. The largest absolute Gasteiger partial charge is 0.305 e. The first-order chi connectivity index (χ1) is 5.39. The monoisotopic (exact) mass is 186 g/mol. The van der Waals surface area contributed by atoms with Gasteiger partial charge in [-0.25, -0.2) is 0 Å². The molecule has 0 spiro atoms. The third-order valence-electron chi connectivity index (χ3n) is 2.33. The topological polar surface area (TPSA) is 51.2 Å². The second-order valence-electron chi connectivity index (χ2n) is 2.93. The van der Waals surface area contributed by atoms with Gasteiger partial charge >= 0.3 is 0 Å². The van der Waals surface area contributed by atoms with Crippen LogP contribution in [0.2, 0.25) is 6.04 Å². The third kappa shape index (κ3) is 1.53. The second-order valence-corrected chi connectivity index (χ2v) is 7.56. The normalized spacial score (nSPS) is 11.0. The van der Waals surface area contributed by atoms with Crippen LogP contribution in [0.15, 0.2) is 0 Å². The van der Waals surface area contributed by atoms with Gasteiger partial charge in [-0.05, 0) is 26.8 Å². The lowest BCUT2D eigenvalue weighted by molar-refractivity contribution is -0.117. The van der Waals surface area contributed by atoms with E-state index in [1.807, 2.05) is 0 Å². The lowest BCUT2D eigenvalue weighted by Crippen LogP contribution is -2.56. The molecule has 0 amide bonds. The van der Waals surface area contributed by atoms with Gasteiger partial charge in [-0.3, -0.25) is 0 Å². The summed E-state index contributed by atoms with van der Waals surface area (Å²) in [5.74, 6) is 0. The zero-order valence-corrected chi connectivity index (χ0v) is 8.93. The number of rotatable bonds is 4. The standard InChI is InChI=1S/C8H14O3Si/c1-5-12(6(2)9,7(3)10)8(4)11/h5H2,1-4H3.